The first-order valence-electron chi connectivity index (χ1n) is 9.81. The Labute approximate surface area is 182 Å². The third-order valence-electron chi connectivity index (χ3n) is 5.52. The van der Waals surface area contributed by atoms with Crippen LogP contribution in [-0.4, -0.2) is 46.8 Å². The van der Waals surface area contributed by atoms with Crippen molar-refractivity contribution in [3.05, 3.63) is 93.2 Å². The van der Waals surface area contributed by atoms with E-state index in [1.165, 1.54) is 9.80 Å². The van der Waals surface area contributed by atoms with Gasteiger partial charge in [0.25, 0.3) is 23.6 Å². The maximum Gasteiger partial charge on any atom is 0.265 e. The lowest BCUT2D eigenvalue weighted by molar-refractivity contribution is -0.927. The molecule has 1 N–H and O–H groups in total. The first-order chi connectivity index (χ1) is 15.0. The average molecular weight is 432 g/mol. The van der Waals surface area contributed by atoms with Crippen LogP contribution in [0.25, 0.3) is 0 Å². The Bertz CT molecular complexity index is 1070. The van der Waals surface area contributed by atoms with Crippen molar-refractivity contribution in [2.45, 2.75) is 6.54 Å². The molecule has 3 heterocycles. The van der Waals surface area contributed by atoms with Crippen molar-refractivity contribution in [1.82, 2.24) is 9.80 Å². The summed E-state index contributed by atoms with van der Waals surface area (Å²) in [5, 5.41) is 1.94. The summed E-state index contributed by atoms with van der Waals surface area (Å²) in [6, 6.07) is 17.3. The van der Waals surface area contributed by atoms with E-state index in [9.17, 15) is 19.2 Å². The summed E-state index contributed by atoms with van der Waals surface area (Å²) in [5.74, 6) is -1.42. The molecule has 0 unspecified atom stereocenters. The van der Waals surface area contributed by atoms with Gasteiger partial charge in [0, 0.05) is 0 Å². The summed E-state index contributed by atoms with van der Waals surface area (Å²) in [6.45, 7) is 0.577. The first-order valence-corrected chi connectivity index (χ1v) is 10.7. The lowest BCUT2D eigenvalue weighted by Crippen LogP contribution is -3.14. The van der Waals surface area contributed by atoms with Crippen LogP contribution in [0.2, 0.25) is 0 Å². The highest BCUT2D eigenvalue weighted by molar-refractivity contribution is 7.09. The Hall–Kier alpha value is -3.62. The van der Waals surface area contributed by atoms with Gasteiger partial charge in [-0.2, -0.15) is 0 Å². The topological polar surface area (TPSA) is 79.2 Å². The van der Waals surface area contributed by atoms with E-state index in [4.69, 9.17) is 0 Å². The highest BCUT2D eigenvalue weighted by atomic mass is 32.1. The molecule has 3 aromatic rings. The minimum Gasteiger partial charge on any atom is -0.295 e. The Morgan fingerprint density at radius 3 is 1.39 bits per heavy atom. The number of hydrogen-bond donors (Lipinski definition) is 1. The normalized spacial score (nSPS) is 15.3. The molecule has 0 radical (unpaired) electrons. The average Bonchev–Trinajstić information content (AvgIpc) is 3.45. The van der Waals surface area contributed by atoms with Gasteiger partial charge in [-0.25, -0.2) is 9.80 Å². The van der Waals surface area contributed by atoms with Crippen LogP contribution in [0.4, 0.5) is 0 Å². The molecule has 154 valence electrons. The first kappa shape index (κ1) is 19.3. The fourth-order valence-corrected chi connectivity index (χ4v) is 4.81. The van der Waals surface area contributed by atoms with Gasteiger partial charge in [-0.05, 0) is 35.7 Å². The van der Waals surface area contributed by atoms with E-state index in [1.807, 2.05) is 17.5 Å². The molecule has 0 bridgehead atoms. The van der Waals surface area contributed by atoms with E-state index < -0.39 is 0 Å². The second-order valence-corrected chi connectivity index (χ2v) is 8.52. The van der Waals surface area contributed by atoms with E-state index in [0.717, 1.165) is 9.78 Å². The molecule has 2 aromatic carbocycles. The summed E-state index contributed by atoms with van der Waals surface area (Å²) in [5.41, 5.74) is 1.51. The van der Waals surface area contributed by atoms with Gasteiger partial charge in [-0.15, -0.1) is 11.3 Å². The fraction of sp³-hybridized carbons (Fsp3) is 0.130. The Balaban J connectivity index is 1.41. The van der Waals surface area contributed by atoms with E-state index in [0.29, 0.717) is 28.8 Å². The van der Waals surface area contributed by atoms with Gasteiger partial charge >= 0.3 is 0 Å². The fourth-order valence-electron chi connectivity index (χ4n) is 4.03. The molecular weight excluding hydrogens is 414 g/mol. The smallest absolute Gasteiger partial charge is 0.265 e. The molecular formula is C23H18N3O4S+. The van der Waals surface area contributed by atoms with Crippen molar-refractivity contribution in [3.8, 4) is 0 Å². The number of hydrogen-bond acceptors (Lipinski definition) is 5. The van der Waals surface area contributed by atoms with Crippen molar-refractivity contribution in [2.75, 3.05) is 13.3 Å². The van der Waals surface area contributed by atoms with Gasteiger partial charge < -0.3 is 0 Å². The Morgan fingerprint density at radius 2 is 1.03 bits per heavy atom. The third-order valence-corrected chi connectivity index (χ3v) is 6.40. The largest absolute Gasteiger partial charge is 0.295 e. The molecule has 0 saturated heterocycles. The molecule has 2 aliphatic rings. The Kier molecular flexibility index (Phi) is 4.72. The molecule has 0 saturated carbocycles. The monoisotopic (exact) mass is 432 g/mol. The molecule has 5 rings (SSSR count). The lowest BCUT2D eigenvalue weighted by atomic mass is 10.1. The van der Waals surface area contributed by atoms with E-state index >= 15 is 0 Å². The van der Waals surface area contributed by atoms with Crippen molar-refractivity contribution in [3.63, 3.8) is 0 Å². The van der Waals surface area contributed by atoms with Crippen LogP contribution in [-0.2, 0) is 6.54 Å². The summed E-state index contributed by atoms with van der Waals surface area (Å²) in [7, 11) is 0. The zero-order chi connectivity index (χ0) is 21.5. The number of amides is 4. The van der Waals surface area contributed by atoms with E-state index in [1.54, 1.807) is 59.9 Å². The quantitative estimate of drug-likeness (QED) is 0.601. The summed E-state index contributed by atoms with van der Waals surface area (Å²) in [6.07, 6.45) is 0. The predicted octanol–water partition coefficient (Wildman–Crippen LogP) is 1.64. The number of benzene rings is 2. The van der Waals surface area contributed by atoms with Gasteiger partial charge in [0.15, 0.2) is 13.3 Å². The van der Waals surface area contributed by atoms with Crippen LogP contribution in [0, 0.1) is 0 Å². The van der Waals surface area contributed by atoms with Gasteiger partial charge in [0.1, 0.15) is 6.54 Å². The Morgan fingerprint density at radius 1 is 0.613 bits per heavy atom. The number of carbonyl (C=O) groups excluding carboxylic acids is 4. The molecule has 0 atom stereocenters. The molecule has 0 fully saturated rings. The molecule has 31 heavy (non-hydrogen) atoms. The second-order valence-electron chi connectivity index (χ2n) is 7.49. The number of quaternary nitrogens is 1. The number of fused-ring (bicyclic) bond motifs is 2. The molecule has 0 aliphatic carbocycles. The third kappa shape index (κ3) is 3.26. The van der Waals surface area contributed by atoms with Gasteiger partial charge in [0.05, 0.1) is 27.1 Å². The molecule has 4 amide bonds. The van der Waals surface area contributed by atoms with Crippen LogP contribution in [0.1, 0.15) is 46.3 Å². The number of thiophene rings is 1. The molecule has 8 heteroatoms. The minimum absolute atomic E-state index is 0.0532. The standard InChI is InChI=1S/C23H17N3O4S/c27-20-16-7-1-2-8-17(16)21(28)25(20)13-24(12-15-6-5-11-31-15)14-26-22(29)18-9-3-4-10-19(18)23(26)30/h1-11H,12-14H2/p+1. The van der Waals surface area contributed by atoms with Crippen LogP contribution in [0.5, 0.6) is 0 Å². The zero-order valence-corrected chi connectivity index (χ0v) is 17.2. The van der Waals surface area contributed by atoms with Gasteiger partial charge in [-0.3, -0.25) is 24.1 Å². The van der Waals surface area contributed by atoms with Gasteiger partial charge in [0.2, 0.25) is 0 Å². The number of carbonyl (C=O) groups is 4. The van der Waals surface area contributed by atoms with Gasteiger partial charge in [-0.1, -0.05) is 30.3 Å². The summed E-state index contributed by atoms with van der Waals surface area (Å²) >= 11 is 1.55. The van der Waals surface area contributed by atoms with Crippen LogP contribution >= 0.6 is 11.3 Å². The zero-order valence-electron chi connectivity index (χ0n) is 16.4. The van der Waals surface area contributed by atoms with Crippen LogP contribution < -0.4 is 4.90 Å². The van der Waals surface area contributed by atoms with E-state index in [2.05, 4.69) is 0 Å². The minimum atomic E-state index is -0.355. The lowest BCUT2D eigenvalue weighted by Gasteiger charge is -2.26. The molecule has 1 aromatic heterocycles. The molecule has 2 aliphatic heterocycles. The van der Waals surface area contributed by atoms with Crippen molar-refractivity contribution >= 4 is 35.0 Å². The second kappa shape index (κ2) is 7.57. The maximum absolute atomic E-state index is 12.8. The molecule has 0 spiro atoms. The summed E-state index contributed by atoms with van der Waals surface area (Å²) in [4.78, 5) is 55.5. The highest BCUT2D eigenvalue weighted by Crippen LogP contribution is 2.23. The highest BCUT2D eigenvalue weighted by Gasteiger charge is 2.41. The van der Waals surface area contributed by atoms with Crippen molar-refractivity contribution in [2.24, 2.45) is 0 Å². The van der Waals surface area contributed by atoms with Crippen molar-refractivity contribution < 1.29 is 24.1 Å². The number of nitrogens with zero attached hydrogens (tertiary/aromatic N) is 2. The molecule has 7 nitrogen and oxygen atoms in total. The van der Waals surface area contributed by atoms with Crippen LogP contribution in [0.15, 0.2) is 66.0 Å². The predicted molar refractivity (Wildman–Crippen MR) is 113 cm³/mol. The number of nitrogens with one attached hydrogen (secondary N) is 1. The maximum atomic E-state index is 12.8. The summed E-state index contributed by atoms with van der Waals surface area (Å²) < 4.78 is 0. The SMILES string of the molecule is O=C1c2ccccc2C(=O)N1C[NH+](Cc1cccs1)CN1C(=O)c2ccccc2C1=O. The van der Waals surface area contributed by atoms with Crippen LogP contribution in [0.3, 0.4) is 0 Å². The number of rotatable bonds is 6. The van der Waals surface area contributed by atoms with E-state index in [-0.39, 0.29) is 37.0 Å². The number of imide groups is 2. The van der Waals surface area contributed by atoms with Crippen molar-refractivity contribution in [1.29, 1.82) is 0 Å².